The number of primary amides is 1. The molecule has 0 aromatic carbocycles. The number of carbonyl (C=O) groups excluding carboxylic acids is 1. The SMILES string of the molecule is CCCCCCCCCCCCCCCCCCOC(N)=O.OCC(O)CO. The quantitative estimate of drug-likeness (QED) is 0.233. The molecule has 170 valence electrons. The number of hydrogen-bond donors (Lipinski definition) is 4. The van der Waals surface area contributed by atoms with Crippen LogP contribution in [0.4, 0.5) is 4.79 Å². The van der Waals surface area contributed by atoms with Gasteiger partial charge in [-0.15, -0.1) is 0 Å². The van der Waals surface area contributed by atoms with E-state index in [1.807, 2.05) is 0 Å². The Bertz CT molecular complexity index is 299. The fraction of sp³-hybridized carbons (Fsp3) is 0.955. The van der Waals surface area contributed by atoms with Crippen molar-refractivity contribution in [1.29, 1.82) is 0 Å². The van der Waals surface area contributed by atoms with Crippen LogP contribution in [0.15, 0.2) is 0 Å². The Morgan fingerprint density at radius 2 is 1.04 bits per heavy atom. The van der Waals surface area contributed by atoms with Crippen molar-refractivity contribution in [2.75, 3.05) is 19.8 Å². The number of nitrogens with two attached hydrogens (primary N) is 1. The van der Waals surface area contributed by atoms with Crippen LogP contribution in [-0.2, 0) is 4.74 Å². The molecule has 0 spiro atoms. The summed E-state index contributed by atoms with van der Waals surface area (Å²) in [6, 6.07) is 0. The van der Waals surface area contributed by atoms with Crippen LogP contribution in [0.3, 0.4) is 0 Å². The maximum atomic E-state index is 10.4. The maximum absolute atomic E-state index is 10.4. The molecule has 0 saturated carbocycles. The third-order valence-electron chi connectivity index (χ3n) is 4.66. The van der Waals surface area contributed by atoms with Gasteiger partial charge in [-0.05, 0) is 6.42 Å². The first kappa shape index (κ1) is 29.4. The average Bonchev–Trinajstić information content (AvgIpc) is 2.70. The molecule has 0 aromatic heterocycles. The molecule has 0 fully saturated rings. The molecular formula is C22H47NO5. The van der Waals surface area contributed by atoms with Crippen LogP contribution < -0.4 is 5.73 Å². The average molecular weight is 406 g/mol. The predicted molar refractivity (Wildman–Crippen MR) is 115 cm³/mol. The van der Waals surface area contributed by atoms with E-state index in [-0.39, 0.29) is 13.2 Å². The number of unbranched alkanes of at least 4 members (excludes halogenated alkanes) is 15. The van der Waals surface area contributed by atoms with E-state index in [2.05, 4.69) is 6.92 Å². The predicted octanol–water partition coefficient (Wildman–Crippen LogP) is 4.68. The smallest absolute Gasteiger partial charge is 0.404 e. The van der Waals surface area contributed by atoms with Gasteiger partial charge in [0.25, 0.3) is 0 Å². The Balaban J connectivity index is 0. The molecule has 0 atom stereocenters. The number of carbonyl (C=O) groups is 1. The van der Waals surface area contributed by atoms with E-state index in [1.54, 1.807) is 0 Å². The summed E-state index contributed by atoms with van der Waals surface area (Å²) in [5, 5.41) is 24.0. The van der Waals surface area contributed by atoms with Crippen molar-refractivity contribution >= 4 is 6.09 Å². The Morgan fingerprint density at radius 1 is 0.714 bits per heavy atom. The van der Waals surface area contributed by atoms with Gasteiger partial charge in [0.1, 0.15) is 6.10 Å². The molecule has 0 saturated heterocycles. The Morgan fingerprint density at radius 3 is 1.29 bits per heavy atom. The number of ether oxygens (including phenoxy) is 1. The number of aliphatic hydroxyl groups is 3. The van der Waals surface area contributed by atoms with E-state index in [4.69, 9.17) is 25.8 Å². The highest BCUT2D eigenvalue weighted by Gasteiger charge is 1.96. The van der Waals surface area contributed by atoms with Crippen molar-refractivity contribution in [3.63, 3.8) is 0 Å². The summed E-state index contributed by atoms with van der Waals surface area (Å²) in [7, 11) is 0. The molecule has 0 aliphatic carbocycles. The van der Waals surface area contributed by atoms with Crippen LogP contribution in [0.1, 0.15) is 110 Å². The van der Waals surface area contributed by atoms with Crippen molar-refractivity contribution < 1.29 is 24.9 Å². The standard InChI is InChI=1S/C19H39NO2.C3H8O3/c1-2-3-4-5-6-7-8-9-10-11-12-13-14-15-16-17-18-22-19(20)21;4-1-3(6)2-5/h2-18H2,1H3,(H2,20,21);3-6H,1-2H2. The molecule has 0 aliphatic heterocycles. The molecule has 0 bridgehead atoms. The van der Waals surface area contributed by atoms with Gasteiger partial charge in [-0.25, -0.2) is 4.79 Å². The van der Waals surface area contributed by atoms with E-state index < -0.39 is 12.2 Å². The number of rotatable bonds is 19. The molecule has 0 unspecified atom stereocenters. The highest BCUT2D eigenvalue weighted by Crippen LogP contribution is 2.13. The van der Waals surface area contributed by atoms with Gasteiger partial charge >= 0.3 is 6.09 Å². The molecule has 0 aromatic rings. The molecule has 0 heterocycles. The topological polar surface area (TPSA) is 113 Å². The van der Waals surface area contributed by atoms with Gasteiger partial charge in [-0.3, -0.25) is 0 Å². The normalized spacial score (nSPS) is 10.6. The summed E-state index contributed by atoms with van der Waals surface area (Å²) >= 11 is 0. The lowest BCUT2D eigenvalue weighted by molar-refractivity contribution is 0.0450. The van der Waals surface area contributed by atoms with Gasteiger partial charge in [0.15, 0.2) is 0 Å². The van der Waals surface area contributed by atoms with Gasteiger partial charge in [0, 0.05) is 0 Å². The van der Waals surface area contributed by atoms with Gasteiger partial charge < -0.3 is 25.8 Å². The van der Waals surface area contributed by atoms with Crippen LogP contribution in [0.5, 0.6) is 0 Å². The van der Waals surface area contributed by atoms with Crippen molar-refractivity contribution in [2.45, 2.75) is 116 Å². The Labute approximate surface area is 172 Å². The van der Waals surface area contributed by atoms with Crippen LogP contribution in [0, 0.1) is 0 Å². The Kier molecular flexibility index (Phi) is 27.4. The Hall–Kier alpha value is -0.850. The lowest BCUT2D eigenvalue weighted by atomic mass is 10.0. The molecule has 0 radical (unpaired) electrons. The third kappa shape index (κ3) is 29.9. The van der Waals surface area contributed by atoms with Crippen molar-refractivity contribution in [1.82, 2.24) is 0 Å². The lowest BCUT2D eigenvalue weighted by Crippen LogP contribution is -2.15. The summed E-state index contributed by atoms with van der Waals surface area (Å²) in [5.41, 5.74) is 4.90. The van der Waals surface area contributed by atoms with Gasteiger partial charge in [-0.2, -0.15) is 0 Å². The van der Waals surface area contributed by atoms with Crippen LogP contribution in [-0.4, -0.2) is 47.3 Å². The van der Waals surface area contributed by atoms with E-state index in [0.29, 0.717) is 6.61 Å². The largest absolute Gasteiger partial charge is 0.450 e. The first-order chi connectivity index (χ1) is 13.6. The summed E-state index contributed by atoms with van der Waals surface area (Å²) in [6.07, 6.45) is 20.0. The van der Waals surface area contributed by atoms with Gasteiger partial charge in [0.2, 0.25) is 0 Å². The van der Waals surface area contributed by atoms with E-state index >= 15 is 0 Å². The zero-order valence-electron chi connectivity index (χ0n) is 18.2. The lowest BCUT2D eigenvalue weighted by Gasteiger charge is -2.04. The highest BCUT2D eigenvalue weighted by atomic mass is 16.5. The molecule has 6 nitrogen and oxygen atoms in total. The van der Waals surface area contributed by atoms with E-state index in [9.17, 15) is 4.79 Å². The zero-order chi connectivity index (χ0) is 21.3. The fourth-order valence-corrected chi connectivity index (χ4v) is 2.88. The first-order valence-electron chi connectivity index (χ1n) is 11.4. The zero-order valence-corrected chi connectivity index (χ0v) is 18.2. The van der Waals surface area contributed by atoms with Crippen LogP contribution in [0.2, 0.25) is 0 Å². The van der Waals surface area contributed by atoms with Crippen molar-refractivity contribution in [3.8, 4) is 0 Å². The second-order valence-electron chi connectivity index (χ2n) is 7.49. The molecule has 0 aliphatic rings. The summed E-state index contributed by atoms with van der Waals surface area (Å²) in [5.74, 6) is 0. The number of aliphatic hydroxyl groups excluding tert-OH is 3. The van der Waals surface area contributed by atoms with Gasteiger partial charge in [0.05, 0.1) is 19.8 Å². The highest BCUT2D eigenvalue weighted by molar-refractivity contribution is 5.64. The minimum atomic E-state index is -0.954. The monoisotopic (exact) mass is 405 g/mol. The van der Waals surface area contributed by atoms with E-state index in [0.717, 1.165) is 12.8 Å². The molecular weight excluding hydrogens is 358 g/mol. The van der Waals surface area contributed by atoms with E-state index in [1.165, 1.54) is 89.9 Å². The number of amides is 1. The molecule has 1 amide bonds. The summed E-state index contributed by atoms with van der Waals surface area (Å²) in [6.45, 7) is 2.03. The third-order valence-corrected chi connectivity index (χ3v) is 4.66. The first-order valence-corrected chi connectivity index (χ1v) is 11.4. The maximum Gasteiger partial charge on any atom is 0.404 e. The second-order valence-corrected chi connectivity index (χ2v) is 7.49. The summed E-state index contributed by atoms with van der Waals surface area (Å²) < 4.78 is 4.70. The molecule has 28 heavy (non-hydrogen) atoms. The molecule has 6 heteroatoms. The van der Waals surface area contributed by atoms with Crippen LogP contribution >= 0.6 is 0 Å². The fourth-order valence-electron chi connectivity index (χ4n) is 2.88. The van der Waals surface area contributed by atoms with Crippen LogP contribution in [0.25, 0.3) is 0 Å². The minimum Gasteiger partial charge on any atom is -0.450 e. The summed E-state index contributed by atoms with van der Waals surface area (Å²) in [4.78, 5) is 10.4. The second kappa shape index (κ2) is 26.1. The van der Waals surface area contributed by atoms with Crippen molar-refractivity contribution in [2.24, 2.45) is 5.73 Å². The molecule has 5 N–H and O–H groups in total. The van der Waals surface area contributed by atoms with Gasteiger partial charge in [-0.1, -0.05) is 103 Å². The van der Waals surface area contributed by atoms with Crippen molar-refractivity contribution in [3.05, 3.63) is 0 Å². The number of hydrogen-bond acceptors (Lipinski definition) is 5. The molecule has 0 rings (SSSR count). The minimum absolute atomic E-state index is 0.365.